The molecule has 9 nitrogen and oxygen atoms in total. The van der Waals surface area contributed by atoms with Gasteiger partial charge in [-0.1, -0.05) is 18.2 Å². The van der Waals surface area contributed by atoms with Gasteiger partial charge < -0.3 is 35.0 Å². The van der Waals surface area contributed by atoms with Gasteiger partial charge >= 0.3 is 0 Å². The van der Waals surface area contributed by atoms with Gasteiger partial charge in [0, 0.05) is 36.6 Å². The molecule has 210 valence electrons. The molecule has 3 atom stereocenters. The first-order valence-corrected chi connectivity index (χ1v) is 13.8. The summed E-state index contributed by atoms with van der Waals surface area (Å²) in [6, 6.07) is 8.59. The molecule has 2 aromatic carbocycles. The van der Waals surface area contributed by atoms with Crippen molar-refractivity contribution >= 4 is 34.4 Å². The van der Waals surface area contributed by atoms with E-state index in [-0.39, 0.29) is 50.1 Å². The monoisotopic (exact) mass is 654 g/mol. The van der Waals surface area contributed by atoms with Crippen molar-refractivity contribution in [3.63, 3.8) is 0 Å². The molecular formula is C28H32FIN2O7. The molecule has 2 amide bonds. The molecule has 1 fully saturated rings. The van der Waals surface area contributed by atoms with Crippen LogP contribution >= 0.6 is 22.6 Å². The minimum atomic E-state index is -1.26. The summed E-state index contributed by atoms with van der Waals surface area (Å²) in [6.07, 6.45) is 0.626. The number of rotatable bonds is 11. The third-order valence-electron chi connectivity index (χ3n) is 6.85. The Kier molecular flexibility index (Phi) is 9.81. The summed E-state index contributed by atoms with van der Waals surface area (Å²) in [5.41, 5.74) is 1.18. The van der Waals surface area contributed by atoms with Gasteiger partial charge in [0.15, 0.2) is 11.5 Å². The third-order valence-corrected chi connectivity index (χ3v) is 7.65. The maximum absolute atomic E-state index is 14.6. The summed E-state index contributed by atoms with van der Waals surface area (Å²) >= 11 is 2.03. The number of ether oxygens (including phenoxy) is 2. The summed E-state index contributed by atoms with van der Waals surface area (Å²) in [5, 5.41) is 32.9. The van der Waals surface area contributed by atoms with Crippen molar-refractivity contribution in [3.05, 3.63) is 68.6 Å². The van der Waals surface area contributed by atoms with Crippen molar-refractivity contribution in [1.29, 1.82) is 0 Å². The number of benzene rings is 2. The lowest BCUT2D eigenvalue weighted by Crippen LogP contribution is -2.55. The minimum absolute atomic E-state index is 0.0167. The predicted molar refractivity (Wildman–Crippen MR) is 148 cm³/mol. The summed E-state index contributed by atoms with van der Waals surface area (Å²) in [4.78, 5) is 27.9. The van der Waals surface area contributed by atoms with E-state index in [1.165, 1.54) is 24.2 Å². The van der Waals surface area contributed by atoms with Crippen LogP contribution in [-0.2, 0) is 22.7 Å². The summed E-state index contributed by atoms with van der Waals surface area (Å²) < 4.78 is 26.9. The molecule has 0 saturated heterocycles. The zero-order chi connectivity index (χ0) is 28.1. The number of nitrogens with one attached hydrogen (secondary N) is 1. The SMILES string of the molecule is COc1cc(CO)cc(I)c1O[C@H]1C=C(C(=O)NCCO)C[C@@H](N(Cc2ccccc2F)C(=O)C2CC2)[C@@H]1O. The molecule has 2 aromatic rings. The Morgan fingerprint density at radius 2 is 1.95 bits per heavy atom. The largest absolute Gasteiger partial charge is 0.493 e. The minimum Gasteiger partial charge on any atom is -0.493 e. The molecule has 0 radical (unpaired) electrons. The van der Waals surface area contributed by atoms with Crippen molar-refractivity contribution in [1.82, 2.24) is 10.2 Å². The first-order valence-electron chi connectivity index (χ1n) is 12.7. The Hall–Kier alpha value is -2.74. The lowest BCUT2D eigenvalue weighted by molar-refractivity contribution is -0.140. The molecule has 0 spiro atoms. The Labute approximate surface area is 239 Å². The molecular weight excluding hydrogens is 622 g/mol. The van der Waals surface area contributed by atoms with E-state index >= 15 is 0 Å². The second-order valence-corrected chi connectivity index (χ2v) is 10.8. The van der Waals surface area contributed by atoms with E-state index in [0.29, 0.717) is 39.0 Å². The van der Waals surface area contributed by atoms with Gasteiger partial charge in [0.1, 0.15) is 18.0 Å². The summed E-state index contributed by atoms with van der Waals surface area (Å²) in [5.74, 6) is -0.719. The average molecular weight is 654 g/mol. The zero-order valence-electron chi connectivity index (χ0n) is 21.5. The fourth-order valence-electron chi connectivity index (χ4n) is 4.63. The highest BCUT2D eigenvalue weighted by Gasteiger charge is 2.44. The number of nitrogens with zero attached hydrogens (tertiary/aromatic N) is 1. The highest BCUT2D eigenvalue weighted by molar-refractivity contribution is 14.1. The number of amides is 2. The van der Waals surface area contributed by atoms with Crippen LogP contribution in [0.5, 0.6) is 11.5 Å². The van der Waals surface area contributed by atoms with Crippen molar-refractivity contribution in [2.45, 2.75) is 50.7 Å². The molecule has 0 heterocycles. The normalized spacial score (nSPS) is 20.7. The number of carbonyl (C=O) groups excluding carboxylic acids is 2. The van der Waals surface area contributed by atoms with Crippen LogP contribution in [0.2, 0.25) is 0 Å². The zero-order valence-corrected chi connectivity index (χ0v) is 23.6. The molecule has 0 unspecified atom stereocenters. The summed E-state index contributed by atoms with van der Waals surface area (Å²) in [7, 11) is 1.45. The van der Waals surface area contributed by atoms with E-state index in [0.717, 1.165) is 0 Å². The third kappa shape index (κ3) is 6.89. The smallest absolute Gasteiger partial charge is 0.247 e. The number of aliphatic hydroxyl groups excluding tert-OH is 3. The van der Waals surface area contributed by atoms with E-state index in [1.807, 2.05) is 22.6 Å². The Morgan fingerprint density at radius 3 is 2.59 bits per heavy atom. The summed E-state index contributed by atoms with van der Waals surface area (Å²) in [6.45, 7) is -0.501. The molecule has 4 rings (SSSR count). The molecule has 39 heavy (non-hydrogen) atoms. The second-order valence-electron chi connectivity index (χ2n) is 9.61. The number of hydrogen-bond acceptors (Lipinski definition) is 7. The Morgan fingerprint density at radius 1 is 1.21 bits per heavy atom. The molecule has 2 aliphatic carbocycles. The van der Waals surface area contributed by atoms with Gasteiger partial charge in [-0.25, -0.2) is 4.39 Å². The van der Waals surface area contributed by atoms with Gasteiger partial charge in [0.05, 0.1) is 29.9 Å². The second kappa shape index (κ2) is 13.1. The van der Waals surface area contributed by atoms with E-state index in [2.05, 4.69) is 5.32 Å². The predicted octanol–water partition coefficient (Wildman–Crippen LogP) is 2.29. The van der Waals surface area contributed by atoms with Crippen molar-refractivity contribution in [3.8, 4) is 11.5 Å². The van der Waals surface area contributed by atoms with Crippen LogP contribution in [0.4, 0.5) is 4.39 Å². The van der Waals surface area contributed by atoms with Gasteiger partial charge in [-0.3, -0.25) is 9.59 Å². The Bertz CT molecular complexity index is 1240. The van der Waals surface area contributed by atoms with E-state index < -0.39 is 30.0 Å². The van der Waals surface area contributed by atoms with Crippen LogP contribution in [0.3, 0.4) is 0 Å². The average Bonchev–Trinajstić information content (AvgIpc) is 3.78. The van der Waals surface area contributed by atoms with Crippen LogP contribution in [-0.4, -0.2) is 70.5 Å². The number of methoxy groups -OCH3 is 1. The van der Waals surface area contributed by atoms with Crippen LogP contribution in [0.15, 0.2) is 48.0 Å². The van der Waals surface area contributed by atoms with E-state index in [1.54, 1.807) is 30.3 Å². The standard InChI is InChI=1S/C28H32FIN2O7/c1-38-24-11-16(15-34)10-21(30)26(24)39-23-13-19(27(36)31-8-9-33)12-22(25(23)35)32(28(37)17-6-7-17)14-18-4-2-3-5-20(18)29/h2-5,10-11,13,17,22-23,25,33-35H,6-9,12,14-15H2,1H3,(H,31,36)/t22-,23+,25+/m1/s1. The highest BCUT2D eigenvalue weighted by atomic mass is 127. The first kappa shape index (κ1) is 29.2. The fraction of sp³-hybridized carbons (Fsp3) is 0.429. The van der Waals surface area contributed by atoms with Gasteiger partial charge in [-0.05, 0) is 65.3 Å². The maximum atomic E-state index is 14.6. The van der Waals surface area contributed by atoms with Crippen LogP contribution < -0.4 is 14.8 Å². The fourth-order valence-corrected chi connectivity index (χ4v) is 5.42. The molecule has 0 aromatic heterocycles. The number of hydrogen-bond donors (Lipinski definition) is 4. The topological polar surface area (TPSA) is 129 Å². The Balaban J connectivity index is 1.72. The van der Waals surface area contributed by atoms with E-state index in [4.69, 9.17) is 9.47 Å². The van der Waals surface area contributed by atoms with Gasteiger partial charge in [0.2, 0.25) is 11.8 Å². The van der Waals surface area contributed by atoms with Gasteiger partial charge in [-0.15, -0.1) is 0 Å². The highest BCUT2D eigenvalue weighted by Crippen LogP contribution is 2.39. The molecule has 0 bridgehead atoms. The van der Waals surface area contributed by atoms with Crippen LogP contribution in [0, 0.1) is 15.3 Å². The lowest BCUT2D eigenvalue weighted by atomic mass is 9.87. The molecule has 0 aliphatic heterocycles. The molecule has 4 N–H and O–H groups in total. The van der Waals surface area contributed by atoms with Crippen molar-refractivity contribution in [2.24, 2.45) is 5.92 Å². The van der Waals surface area contributed by atoms with Gasteiger partial charge in [0.25, 0.3) is 0 Å². The number of aliphatic hydroxyl groups is 3. The van der Waals surface area contributed by atoms with Crippen LogP contribution in [0.25, 0.3) is 0 Å². The van der Waals surface area contributed by atoms with E-state index in [9.17, 15) is 29.3 Å². The quantitative estimate of drug-likeness (QED) is 0.274. The maximum Gasteiger partial charge on any atom is 0.247 e. The molecule has 11 heteroatoms. The number of carbonyl (C=O) groups is 2. The molecule has 1 saturated carbocycles. The van der Waals surface area contributed by atoms with Gasteiger partial charge in [-0.2, -0.15) is 0 Å². The van der Waals surface area contributed by atoms with Crippen molar-refractivity contribution < 1.29 is 38.8 Å². The number of halogens is 2. The van der Waals surface area contributed by atoms with Crippen LogP contribution in [0.1, 0.15) is 30.4 Å². The molecule has 2 aliphatic rings. The first-order chi connectivity index (χ1) is 18.8. The van der Waals surface area contributed by atoms with Crippen molar-refractivity contribution in [2.75, 3.05) is 20.3 Å². The lowest BCUT2D eigenvalue weighted by Gasteiger charge is -2.41.